The van der Waals surface area contributed by atoms with Crippen LogP contribution in [0.3, 0.4) is 0 Å². The van der Waals surface area contributed by atoms with Gasteiger partial charge >= 0.3 is 5.97 Å². The fourth-order valence-electron chi connectivity index (χ4n) is 7.28. The standard InChI is InChI=1S/C25H32O6/c1-4-5-21(30)31-25(20(29)14-26)11-9-18-17-7-6-15-12-16(27)8-10-23(15,2)22(17)19(28)13-24(18,25)3/h8,10,12,17-18,22,26H,4-7,9,11,13-14H2,1-3H3/t17-,18-,22+,23-,24-,25-/m0/s1. The number of allylic oxidation sites excluding steroid dienone is 4. The summed E-state index contributed by atoms with van der Waals surface area (Å²) < 4.78 is 5.87. The van der Waals surface area contributed by atoms with E-state index in [0.717, 1.165) is 18.4 Å². The van der Waals surface area contributed by atoms with Gasteiger partial charge in [0, 0.05) is 29.6 Å². The van der Waals surface area contributed by atoms with Crippen LogP contribution in [0.15, 0.2) is 23.8 Å². The number of fused-ring (bicyclic) bond motifs is 5. The Morgan fingerprint density at radius 1 is 1.23 bits per heavy atom. The molecule has 0 aromatic rings. The molecule has 3 saturated carbocycles. The number of ketones is 3. The Labute approximate surface area is 183 Å². The van der Waals surface area contributed by atoms with Crippen molar-refractivity contribution in [2.45, 2.75) is 71.3 Å². The molecule has 0 unspecified atom stereocenters. The van der Waals surface area contributed by atoms with E-state index in [4.69, 9.17) is 4.74 Å². The third-order valence-electron chi connectivity index (χ3n) is 8.71. The zero-order valence-electron chi connectivity index (χ0n) is 18.6. The largest absolute Gasteiger partial charge is 0.450 e. The number of carbonyl (C=O) groups is 4. The lowest BCUT2D eigenvalue weighted by Crippen LogP contribution is -2.62. The highest BCUT2D eigenvalue weighted by Gasteiger charge is 2.70. The van der Waals surface area contributed by atoms with Crippen molar-refractivity contribution in [1.82, 2.24) is 0 Å². The number of carbonyl (C=O) groups excluding carboxylic acids is 4. The summed E-state index contributed by atoms with van der Waals surface area (Å²) in [7, 11) is 0. The number of Topliss-reactive ketones (excluding diaryl/α,β-unsaturated/α-hetero) is 2. The zero-order chi connectivity index (χ0) is 22.6. The van der Waals surface area contributed by atoms with Crippen molar-refractivity contribution < 1.29 is 29.0 Å². The van der Waals surface area contributed by atoms with E-state index in [1.54, 1.807) is 12.2 Å². The van der Waals surface area contributed by atoms with Gasteiger partial charge in [-0.3, -0.25) is 19.2 Å². The first-order valence-electron chi connectivity index (χ1n) is 11.5. The lowest BCUT2D eigenvalue weighted by atomic mass is 9.46. The average Bonchev–Trinajstić information content (AvgIpc) is 3.00. The van der Waals surface area contributed by atoms with Crippen LogP contribution in [0.2, 0.25) is 0 Å². The molecule has 4 rings (SSSR count). The van der Waals surface area contributed by atoms with Crippen LogP contribution in [0.25, 0.3) is 0 Å². The monoisotopic (exact) mass is 428 g/mol. The molecule has 0 amide bonds. The molecule has 0 saturated heterocycles. The van der Waals surface area contributed by atoms with E-state index in [9.17, 15) is 24.3 Å². The van der Waals surface area contributed by atoms with Gasteiger partial charge in [-0.25, -0.2) is 0 Å². The van der Waals surface area contributed by atoms with Crippen LogP contribution in [0.1, 0.15) is 65.7 Å². The van der Waals surface area contributed by atoms with E-state index in [1.807, 2.05) is 26.8 Å². The van der Waals surface area contributed by atoms with Crippen LogP contribution in [-0.2, 0) is 23.9 Å². The number of esters is 1. The Kier molecular flexibility index (Phi) is 5.36. The first-order valence-corrected chi connectivity index (χ1v) is 11.5. The second-order valence-electron chi connectivity index (χ2n) is 10.2. The predicted molar refractivity (Wildman–Crippen MR) is 113 cm³/mol. The molecule has 6 nitrogen and oxygen atoms in total. The highest BCUT2D eigenvalue weighted by Crippen LogP contribution is 2.66. The quantitative estimate of drug-likeness (QED) is 0.676. The summed E-state index contributed by atoms with van der Waals surface area (Å²) in [4.78, 5) is 51.1. The first-order chi connectivity index (χ1) is 14.6. The molecule has 31 heavy (non-hydrogen) atoms. The SMILES string of the molecule is CCCC(=O)O[C@]1(C(=O)CO)CC[C@H]2[C@@H]3CCC4=CC(=O)C=C[C@]4(C)[C@H]3C(=O)C[C@@]21C. The Morgan fingerprint density at radius 3 is 2.65 bits per heavy atom. The predicted octanol–water partition coefficient (Wildman–Crippen LogP) is 3.12. The fourth-order valence-corrected chi connectivity index (χ4v) is 7.28. The van der Waals surface area contributed by atoms with Crippen molar-refractivity contribution in [1.29, 1.82) is 0 Å². The van der Waals surface area contributed by atoms with E-state index < -0.39 is 34.8 Å². The second-order valence-corrected chi connectivity index (χ2v) is 10.2. The Balaban J connectivity index is 1.74. The van der Waals surface area contributed by atoms with Crippen LogP contribution in [0, 0.1) is 28.6 Å². The molecule has 4 aliphatic carbocycles. The van der Waals surface area contributed by atoms with Crippen molar-refractivity contribution in [2.24, 2.45) is 28.6 Å². The van der Waals surface area contributed by atoms with Gasteiger partial charge in [-0.1, -0.05) is 32.4 Å². The molecule has 0 bridgehead atoms. The van der Waals surface area contributed by atoms with E-state index in [1.165, 1.54) is 0 Å². The number of hydrogen-bond acceptors (Lipinski definition) is 6. The van der Waals surface area contributed by atoms with Crippen molar-refractivity contribution in [3.8, 4) is 0 Å². The molecule has 3 fully saturated rings. The van der Waals surface area contributed by atoms with Gasteiger partial charge in [0.15, 0.2) is 11.4 Å². The molecule has 1 N–H and O–H groups in total. The number of rotatable bonds is 5. The van der Waals surface area contributed by atoms with Crippen molar-refractivity contribution in [3.63, 3.8) is 0 Å². The lowest BCUT2D eigenvalue weighted by molar-refractivity contribution is -0.191. The van der Waals surface area contributed by atoms with Crippen LogP contribution in [0.4, 0.5) is 0 Å². The van der Waals surface area contributed by atoms with Crippen molar-refractivity contribution >= 4 is 23.3 Å². The lowest BCUT2D eigenvalue weighted by Gasteiger charge is -2.57. The van der Waals surface area contributed by atoms with Gasteiger partial charge in [0.05, 0.1) is 0 Å². The van der Waals surface area contributed by atoms with Gasteiger partial charge in [-0.2, -0.15) is 0 Å². The van der Waals surface area contributed by atoms with Crippen LogP contribution >= 0.6 is 0 Å². The summed E-state index contributed by atoms with van der Waals surface area (Å²) in [6.07, 6.45) is 8.60. The Hall–Kier alpha value is -2.08. The minimum atomic E-state index is -1.45. The molecule has 0 aromatic heterocycles. The third kappa shape index (κ3) is 3.01. The Bertz CT molecular complexity index is 900. The first kappa shape index (κ1) is 22.1. The maximum Gasteiger partial charge on any atom is 0.306 e. The van der Waals surface area contributed by atoms with Gasteiger partial charge in [-0.15, -0.1) is 0 Å². The molecular formula is C25H32O6. The van der Waals surface area contributed by atoms with E-state index in [-0.39, 0.29) is 42.2 Å². The molecule has 0 spiro atoms. The van der Waals surface area contributed by atoms with E-state index >= 15 is 0 Å². The Morgan fingerprint density at radius 2 is 1.97 bits per heavy atom. The van der Waals surface area contributed by atoms with Crippen LogP contribution in [-0.4, -0.2) is 40.6 Å². The topological polar surface area (TPSA) is 97.7 Å². The highest BCUT2D eigenvalue weighted by molar-refractivity contribution is 6.02. The molecule has 6 atom stereocenters. The highest BCUT2D eigenvalue weighted by atomic mass is 16.6. The molecule has 168 valence electrons. The number of hydrogen-bond donors (Lipinski definition) is 1. The summed E-state index contributed by atoms with van der Waals surface area (Å²) in [5.41, 5.74) is -1.75. The zero-order valence-corrected chi connectivity index (χ0v) is 18.6. The number of aliphatic hydroxyl groups excluding tert-OH is 1. The smallest absolute Gasteiger partial charge is 0.306 e. The van der Waals surface area contributed by atoms with E-state index in [2.05, 4.69) is 0 Å². The summed E-state index contributed by atoms with van der Waals surface area (Å²) in [5.74, 6) is -1.10. The second kappa shape index (κ2) is 7.51. The average molecular weight is 429 g/mol. The maximum absolute atomic E-state index is 13.7. The van der Waals surface area contributed by atoms with Crippen LogP contribution < -0.4 is 0 Å². The van der Waals surface area contributed by atoms with Gasteiger partial charge < -0.3 is 9.84 Å². The normalized spacial score (nSPS) is 41.2. The molecule has 4 aliphatic rings. The molecular weight excluding hydrogens is 396 g/mol. The fraction of sp³-hybridized carbons (Fsp3) is 0.680. The van der Waals surface area contributed by atoms with Crippen molar-refractivity contribution in [3.05, 3.63) is 23.8 Å². The molecule has 0 aromatic carbocycles. The maximum atomic E-state index is 13.7. The molecule has 0 radical (unpaired) electrons. The van der Waals surface area contributed by atoms with Crippen LogP contribution in [0.5, 0.6) is 0 Å². The molecule has 0 heterocycles. The minimum Gasteiger partial charge on any atom is -0.450 e. The minimum absolute atomic E-state index is 0.0320. The van der Waals surface area contributed by atoms with Gasteiger partial charge in [0.25, 0.3) is 0 Å². The summed E-state index contributed by atoms with van der Waals surface area (Å²) in [5, 5.41) is 9.75. The summed E-state index contributed by atoms with van der Waals surface area (Å²) in [6.45, 7) is 5.10. The molecule has 0 aliphatic heterocycles. The summed E-state index contributed by atoms with van der Waals surface area (Å²) >= 11 is 0. The molecule has 6 heteroatoms. The summed E-state index contributed by atoms with van der Waals surface area (Å²) in [6, 6.07) is 0. The van der Waals surface area contributed by atoms with Gasteiger partial charge in [0.1, 0.15) is 12.4 Å². The third-order valence-corrected chi connectivity index (χ3v) is 8.71. The van der Waals surface area contributed by atoms with E-state index in [0.29, 0.717) is 19.3 Å². The van der Waals surface area contributed by atoms with Gasteiger partial charge in [-0.05, 0) is 56.1 Å². The number of ether oxygens (including phenoxy) is 1. The van der Waals surface area contributed by atoms with Gasteiger partial charge in [0.2, 0.25) is 5.78 Å². The van der Waals surface area contributed by atoms with Crippen molar-refractivity contribution in [2.75, 3.05) is 6.61 Å². The number of aliphatic hydroxyl groups is 1.